The SMILES string of the molecule is CC(C(=O)N1CCCCC1)S(=O)CC(C)(C)N. The average molecular weight is 260 g/mol. The Morgan fingerprint density at radius 1 is 1.35 bits per heavy atom. The Bertz CT molecular complexity index is 293. The van der Waals surface area contributed by atoms with Crippen molar-refractivity contribution in [3.63, 3.8) is 0 Å². The van der Waals surface area contributed by atoms with Crippen LogP contribution in [0.5, 0.6) is 0 Å². The fourth-order valence-electron chi connectivity index (χ4n) is 1.98. The molecule has 1 saturated heterocycles. The fraction of sp³-hybridized carbons (Fsp3) is 0.917. The van der Waals surface area contributed by atoms with E-state index in [1.165, 1.54) is 6.42 Å². The summed E-state index contributed by atoms with van der Waals surface area (Å²) in [4.78, 5) is 14.0. The molecule has 2 unspecified atom stereocenters. The van der Waals surface area contributed by atoms with E-state index in [9.17, 15) is 9.00 Å². The minimum atomic E-state index is -1.18. The lowest BCUT2D eigenvalue weighted by atomic mass is 10.1. The Morgan fingerprint density at radius 2 is 1.88 bits per heavy atom. The van der Waals surface area contributed by atoms with Crippen molar-refractivity contribution in [1.82, 2.24) is 4.90 Å². The number of likely N-dealkylation sites (tertiary alicyclic amines) is 1. The Hall–Kier alpha value is -0.420. The van der Waals surface area contributed by atoms with Gasteiger partial charge in [-0.25, -0.2) is 0 Å². The Balaban J connectivity index is 2.53. The molecule has 1 fully saturated rings. The molecule has 0 spiro atoms. The molecule has 5 heteroatoms. The van der Waals surface area contributed by atoms with E-state index in [4.69, 9.17) is 5.73 Å². The van der Waals surface area contributed by atoms with Crippen molar-refractivity contribution in [2.45, 2.75) is 50.8 Å². The summed E-state index contributed by atoms with van der Waals surface area (Å²) in [6.45, 7) is 7.05. The molecule has 0 bridgehead atoms. The van der Waals surface area contributed by atoms with Gasteiger partial charge in [0.05, 0.1) is 0 Å². The Labute approximate surface area is 106 Å². The van der Waals surface area contributed by atoms with Gasteiger partial charge in [-0.1, -0.05) is 0 Å². The van der Waals surface area contributed by atoms with Crippen LogP contribution < -0.4 is 5.73 Å². The predicted molar refractivity (Wildman–Crippen MR) is 71.2 cm³/mol. The molecule has 1 amide bonds. The van der Waals surface area contributed by atoms with Crippen LogP contribution in [0.15, 0.2) is 0 Å². The lowest BCUT2D eigenvalue weighted by Gasteiger charge is -2.29. The molecule has 2 N–H and O–H groups in total. The zero-order chi connectivity index (χ0) is 13.1. The van der Waals surface area contributed by atoms with Crippen LogP contribution in [-0.4, -0.2) is 44.6 Å². The maximum atomic E-state index is 12.1. The first kappa shape index (κ1) is 14.6. The van der Waals surface area contributed by atoms with Crippen LogP contribution in [0.25, 0.3) is 0 Å². The van der Waals surface area contributed by atoms with Crippen LogP contribution in [0.4, 0.5) is 0 Å². The van der Waals surface area contributed by atoms with Crippen molar-refractivity contribution in [2.75, 3.05) is 18.8 Å². The summed E-state index contributed by atoms with van der Waals surface area (Å²) < 4.78 is 12.0. The van der Waals surface area contributed by atoms with Crippen LogP contribution in [0.1, 0.15) is 40.0 Å². The number of hydrogen-bond acceptors (Lipinski definition) is 3. The molecule has 0 aromatic rings. The number of nitrogens with zero attached hydrogens (tertiary/aromatic N) is 1. The molecule has 4 nitrogen and oxygen atoms in total. The first-order chi connectivity index (χ1) is 7.81. The maximum absolute atomic E-state index is 12.1. The molecule has 1 rings (SSSR count). The molecular formula is C12H24N2O2S. The Morgan fingerprint density at radius 3 is 2.35 bits per heavy atom. The smallest absolute Gasteiger partial charge is 0.238 e. The molecule has 0 saturated carbocycles. The highest BCUT2D eigenvalue weighted by molar-refractivity contribution is 7.86. The molecule has 17 heavy (non-hydrogen) atoms. The number of carbonyl (C=O) groups excluding carboxylic acids is 1. The van der Waals surface area contributed by atoms with E-state index in [0.29, 0.717) is 5.75 Å². The van der Waals surface area contributed by atoms with E-state index in [1.54, 1.807) is 6.92 Å². The van der Waals surface area contributed by atoms with Gasteiger partial charge in [-0.2, -0.15) is 0 Å². The predicted octanol–water partition coefficient (Wildman–Crippen LogP) is 0.873. The van der Waals surface area contributed by atoms with Crippen molar-refractivity contribution in [3.8, 4) is 0 Å². The quantitative estimate of drug-likeness (QED) is 0.816. The zero-order valence-corrected chi connectivity index (χ0v) is 11.9. The number of piperidine rings is 1. The van der Waals surface area contributed by atoms with Gasteiger partial charge in [-0.15, -0.1) is 0 Å². The average Bonchev–Trinajstić information content (AvgIpc) is 2.26. The van der Waals surface area contributed by atoms with Crippen molar-refractivity contribution >= 4 is 16.7 Å². The normalized spacial score (nSPS) is 21.1. The van der Waals surface area contributed by atoms with E-state index in [2.05, 4.69) is 0 Å². The third-order valence-electron chi connectivity index (χ3n) is 2.92. The highest BCUT2D eigenvalue weighted by atomic mass is 32.2. The maximum Gasteiger partial charge on any atom is 0.238 e. The van der Waals surface area contributed by atoms with Crippen LogP contribution in [-0.2, 0) is 15.6 Å². The first-order valence-corrected chi connectivity index (χ1v) is 7.64. The van der Waals surface area contributed by atoms with E-state index in [0.717, 1.165) is 25.9 Å². The van der Waals surface area contributed by atoms with E-state index >= 15 is 0 Å². The minimum absolute atomic E-state index is 0.0206. The molecule has 0 aliphatic carbocycles. The second kappa shape index (κ2) is 5.96. The minimum Gasteiger partial charge on any atom is -0.342 e. The van der Waals surface area contributed by atoms with Crippen molar-refractivity contribution in [3.05, 3.63) is 0 Å². The number of amides is 1. The summed E-state index contributed by atoms with van der Waals surface area (Å²) in [7, 11) is -1.18. The van der Waals surface area contributed by atoms with Crippen molar-refractivity contribution in [2.24, 2.45) is 5.73 Å². The lowest BCUT2D eigenvalue weighted by molar-refractivity contribution is -0.131. The van der Waals surface area contributed by atoms with Gasteiger partial charge in [0.15, 0.2) is 0 Å². The highest BCUT2D eigenvalue weighted by Gasteiger charge is 2.28. The van der Waals surface area contributed by atoms with Gasteiger partial charge >= 0.3 is 0 Å². The number of carbonyl (C=O) groups is 1. The first-order valence-electron chi connectivity index (χ1n) is 6.26. The molecular weight excluding hydrogens is 236 g/mol. The molecule has 0 aromatic carbocycles. The van der Waals surface area contributed by atoms with Gasteiger partial charge in [-0.3, -0.25) is 9.00 Å². The van der Waals surface area contributed by atoms with Gasteiger partial charge in [0.2, 0.25) is 5.91 Å². The van der Waals surface area contributed by atoms with Crippen LogP contribution >= 0.6 is 0 Å². The second-order valence-electron chi connectivity index (χ2n) is 5.54. The topological polar surface area (TPSA) is 63.4 Å². The molecule has 1 aliphatic rings. The second-order valence-corrected chi connectivity index (χ2v) is 7.30. The summed E-state index contributed by atoms with van der Waals surface area (Å²) >= 11 is 0. The van der Waals surface area contributed by atoms with E-state index in [-0.39, 0.29) is 5.91 Å². The lowest BCUT2D eigenvalue weighted by Crippen LogP contribution is -2.46. The van der Waals surface area contributed by atoms with Gasteiger partial charge in [-0.05, 0) is 40.0 Å². The molecule has 2 atom stereocenters. The van der Waals surface area contributed by atoms with Crippen LogP contribution in [0, 0.1) is 0 Å². The molecule has 1 aliphatic heterocycles. The summed E-state index contributed by atoms with van der Waals surface area (Å²) in [6, 6.07) is 0. The highest BCUT2D eigenvalue weighted by Crippen LogP contribution is 2.13. The monoisotopic (exact) mass is 260 g/mol. The number of rotatable bonds is 4. The summed E-state index contributed by atoms with van der Waals surface area (Å²) in [6.07, 6.45) is 3.32. The van der Waals surface area contributed by atoms with Gasteiger partial charge in [0.25, 0.3) is 0 Å². The van der Waals surface area contributed by atoms with Gasteiger partial charge < -0.3 is 10.6 Å². The van der Waals surface area contributed by atoms with Crippen LogP contribution in [0.3, 0.4) is 0 Å². The standard InChI is InChI=1S/C12H24N2O2S/c1-10(17(16)9-12(2,3)13)11(15)14-7-5-4-6-8-14/h10H,4-9,13H2,1-3H3. The number of nitrogens with two attached hydrogens (primary N) is 1. The van der Waals surface area contributed by atoms with E-state index in [1.807, 2.05) is 18.7 Å². The molecule has 0 radical (unpaired) electrons. The third kappa shape index (κ3) is 4.76. The van der Waals surface area contributed by atoms with Crippen molar-refractivity contribution in [1.29, 1.82) is 0 Å². The largest absolute Gasteiger partial charge is 0.342 e. The summed E-state index contributed by atoms with van der Waals surface area (Å²) in [5, 5.41) is -0.434. The number of hydrogen-bond donors (Lipinski definition) is 1. The molecule has 100 valence electrons. The summed E-state index contributed by atoms with van der Waals surface area (Å²) in [5.74, 6) is 0.389. The molecule has 1 heterocycles. The Kier molecular flexibility index (Phi) is 5.13. The molecule has 0 aromatic heterocycles. The van der Waals surface area contributed by atoms with Gasteiger partial charge in [0.1, 0.15) is 5.25 Å². The third-order valence-corrected chi connectivity index (χ3v) is 4.94. The summed E-state index contributed by atoms with van der Waals surface area (Å²) in [5.41, 5.74) is 5.35. The van der Waals surface area contributed by atoms with Crippen molar-refractivity contribution < 1.29 is 9.00 Å². The zero-order valence-electron chi connectivity index (χ0n) is 11.1. The van der Waals surface area contributed by atoms with Crippen LogP contribution in [0.2, 0.25) is 0 Å². The van der Waals surface area contributed by atoms with E-state index < -0.39 is 21.6 Å². The fourth-order valence-corrected chi connectivity index (χ4v) is 3.33. The van der Waals surface area contributed by atoms with Gasteiger partial charge in [0, 0.05) is 35.2 Å².